The molecular weight excluding hydrogens is 176 g/mol. The quantitative estimate of drug-likeness (QED) is 0.334. The first-order valence-electron chi connectivity index (χ1n) is 4.42. The van der Waals surface area contributed by atoms with Crippen molar-refractivity contribution in [2.45, 2.75) is 40.3 Å². The SMILES string of the molecule is CCOC(C)OOOC(C)OCC. The third-order valence-electron chi connectivity index (χ3n) is 1.15. The highest BCUT2D eigenvalue weighted by Crippen LogP contribution is 1.98. The van der Waals surface area contributed by atoms with Crippen LogP contribution in [0.25, 0.3) is 0 Å². The van der Waals surface area contributed by atoms with Crippen LogP contribution in [0.3, 0.4) is 0 Å². The van der Waals surface area contributed by atoms with Gasteiger partial charge in [-0.2, -0.15) is 9.78 Å². The van der Waals surface area contributed by atoms with E-state index in [9.17, 15) is 0 Å². The van der Waals surface area contributed by atoms with Crippen LogP contribution in [0.4, 0.5) is 0 Å². The Hall–Kier alpha value is -0.200. The lowest BCUT2D eigenvalue weighted by atomic mass is 10.7. The van der Waals surface area contributed by atoms with E-state index in [1.54, 1.807) is 13.8 Å². The lowest BCUT2D eigenvalue weighted by Gasteiger charge is -2.13. The van der Waals surface area contributed by atoms with Crippen molar-refractivity contribution in [3.8, 4) is 0 Å². The van der Waals surface area contributed by atoms with Crippen molar-refractivity contribution in [1.82, 2.24) is 0 Å². The summed E-state index contributed by atoms with van der Waals surface area (Å²) in [4.78, 5) is 9.35. The summed E-state index contributed by atoms with van der Waals surface area (Å²) in [7, 11) is 0. The molecule has 0 rings (SSSR count). The molecule has 0 aromatic carbocycles. The lowest BCUT2D eigenvalue weighted by Crippen LogP contribution is -2.18. The molecule has 2 unspecified atom stereocenters. The van der Waals surface area contributed by atoms with Gasteiger partial charge in [0, 0.05) is 13.2 Å². The predicted molar refractivity (Wildman–Crippen MR) is 45.4 cm³/mol. The predicted octanol–water partition coefficient (Wildman–Crippen LogP) is 1.63. The van der Waals surface area contributed by atoms with Crippen LogP contribution in [0.1, 0.15) is 27.7 Å². The molecule has 13 heavy (non-hydrogen) atoms. The van der Waals surface area contributed by atoms with Crippen molar-refractivity contribution in [3.05, 3.63) is 0 Å². The zero-order valence-electron chi connectivity index (χ0n) is 8.61. The Bertz CT molecular complexity index is 96.7. The second-order valence-electron chi connectivity index (χ2n) is 2.31. The first-order valence-corrected chi connectivity index (χ1v) is 4.42. The fourth-order valence-electron chi connectivity index (χ4n) is 0.658. The maximum atomic E-state index is 5.02. The molecule has 0 aliphatic carbocycles. The molecule has 0 bridgehead atoms. The van der Waals surface area contributed by atoms with Crippen molar-refractivity contribution in [3.63, 3.8) is 0 Å². The monoisotopic (exact) mass is 194 g/mol. The van der Waals surface area contributed by atoms with Gasteiger partial charge in [-0.3, -0.25) is 0 Å². The van der Waals surface area contributed by atoms with Crippen molar-refractivity contribution in [2.75, 3.05) is 13.2 Å². The summed E-state index contributed by atoms with van der Waals surface area (Å²) >= 11 is 0. The molecule has 0 aliphatic rings. The van der Waals surface area contributed by atoms with Gasteiger partial charge in [-0.25, -0.2) is 0 Å². The number of hydrogen-bond donors (Lipinski definition) is 0. The molecule has 0 saturated heterocycles. The molecule has 0 saturated carbocycles. The zero-order valence-corrected chi connectivity index (χ0v) is 8.61. The van der Waals surface area contributed by atoms with Crippen LogP contribution >= 0.6 is 0 Å². The van der Waals surface area contributed by atoms with Crippen LogP contribution < -0.4 is 0 Å². The summed E-state index contributed by atoms with van der Waals surface area (Å²) < 4.78 is 10.0. The molecule has 0 aromatic heterocycles. The Morgan fingerprint density at radius 1 is 0.846 bits per heavy atom. The van der Waals surface area contributed by atoms with E-state index in [4.69, 9.17) is 9.47 Å². The van der Waals surface area contributed by atoms with E-state index in [0.29, 0.717) is 13.2 Å². The van der Waals surface area contributed by atoms with Gasteiger partial charge in [0.2, 0.25) is 0 Å². The van der Waals surface area contributed by atoms with E-state index >= 15 is 0 Å². The van der Waals surface area contributed by atoms with Crippen LogP contribution in [0.15, 0.2) is 0 Å². The zero-order chi connectivity index (χ0) is 10.1. The second-order valence-corrected chi connectivity index (χ2v) is 2.31. The van der Waals surface area contributed by atoms with E-state index in [2.05, 4.69) is 14.8 Å². The minimum atomic E-state index is -0.446. The van der Waals surface area contributed by atoms with Gasteiger partial charge in [-0.05, 0) is 27.7 Å². The topological polar surface area (TPSA) is 46.2 Å². The van der Waals surface area contributed by atoms with Gasteiger partial charge in [-0.1, -0.05) is 5.04 Å². The van der Waals surface area contributed by atoms with Gasteiger partial charge in [0.15, 0.2) is 12.6 Å². The van der Waals surface area contributed by atoms with Gasteiger partial charge in [0.1, 0.15) is 0 Å². The molecule has 2 atom stereocenters. The first-order chi connectivity index (χ1) is 6.20. The molecule has 0 heterocycles. The average molecular weight is 194 g/mol. The third-order valence-corrected chi connectivity index (χ3v) is 1.15. The molecule has 80 valence electrons. The fraction of sp³-hybridized carbons (Fsp3) is 1.00. The smallest absolute Gasteiger partial charge is 0.191 e. The highest BCUT2D eigenvalue weighted by molar-refractivity contribution is 4.23. The normalized spacial score (nSPS) is 15.7. The van der Waals surface area contributed by atoms with Gasteiger partial charge in [-0.15, -0.1) is 0 Å². The van der Waals surface area contributed by atoms with E-state index in [1.165, 1.54) is 0 Å². The Balaban J connectivity index is 3.23. The van der Waals surface area contributed by atoms with Gasteiger partial charge in [0.05, 0.1) is 0 Å². The van der Waals surface area contributed by atoms with Crippen molar-refractivity contribution >= 4 is 0 Å². The highest BCUT2D eigenvalue weighted by atomic mass is 17.5. The van der Waals surface area contributed by atoms with Gasteiger partial charge < -0.3 is 9.47 Å². The van der Waals surface area contributed by atoms with Crippen molar-refractivity contribution in [2.24, 2.45) is 0 Å². The molecular formula is C8H18O5. The molecule has 0 N–H and O–H groups in total. The molecule has 5 nitrogen and oxygen atoms in total. The van der Waals surface area contributed by atoms with Crippen LogP contribution in [0, 0.1) is 0 Å². The summed E-state index contributed by atoms with van der Waals surface area (Å²) in [6, 6.07) is 0. The van der Waals surface area contributed by atoms with Crippen LogP contribution in [-0.2, 0) is 24.3 Å². The molecule has 0 amide bonds. The van der Waals surface area contributed by atoms with E-state index in [-0.39, 0.29) is 0 Å². The standard InChI is InChI=1S/C8H18O5/c1-5-9-7(3)11-13-12-8(4)10-6-2/h7-8H,5-6H2,1-4H3. The van der Waals surface area contributed by atoms with Gasteiger partial charge in [0.25, 0.3) is 0 Å². The molecule has 0 aromatic rings. The molecule has 0 fully saturated rings. The average Bonchev–Trinajstić information content (AvgIpc) is 2.05. The summed E-state index contributed by atoms with van der Waals surface area (Å²) in [5.41, 5.74) is 0. The highest BCUT2D eigenvalue weighted by Gasteiger charge is 2.05. The van der Waals surface area contributed by atoms with Gasteiger partial charge >= 0.3 is 0 Å². The summed E-state index contributed by atoms with van der Waals surface area (Å²) in [6.07, 6.45) is -0.891. The van der Waals surface area contributed by atoms with Crippen LogP contribution in [0.5, 0.6) is 0 Å². The minimum absolute atomic E-state index is 0.446. The Kier molecular flexibility index (Phi) is 8.27. The lowest BCUT2D eigenvalue weighted by molar-refractivity contribution is -0.571. The second kappa shape index (κ2) is 8.40. The largest absolute Gasteiger partial charge is 0.350 e. The summed E-state index contributed by atoms with van der Waals surface area (Å²) in [6.45, 7) is 8.26. The Labute approximate surface area is 78.7 Å². The molecule has 0 radical (unpaired) electrons. The molecule has 0 spiro atoms. The summed E-state index contributed by atoms with van der Waals surface area (Å²) in [5, 5.41) is 4.41. The van der Waals surface area contributed by atoms with E-state index < -0.39 is 12.6 Å². The first kappa shape index (κ1) is 12.8. The third kappa shape index (κ3) is 8.14. The molecule has 0 aliphatic heterocycles. The Morgan fingerprint density at radius 2 is 1.23 bits per heavy atom. The number of hydrogen-bond acceptors (Lipinski definition) is 5. The fourth-order valence-corrected chi connectivity index (χ4v) is 0.658. The van der Waals surface area contributed by atoms with Crippen molar-refractivity contribution < 1.29 is 24.3 Å². The van der Waals surface area contributed by atoms with E-state index in [1.807, 2.05) is 13.8 Å². The number of ether oxygens (including phenoxy) is 2. The van der Waals surface area contributed by atoms with Crippen molar-refractivity contribution in [1.29, 1.82) is 0 Å². The minimum Gasteiger partial charge on any atom is -0.350 e. The number of rotatable bonds is 8. The Morgan fingerprint density at radius 3 is 1.54 bits per heavy atom. The maximum Gasteiger partial charge on any atom is 0.191 e. The van der Waals surface area contributed by atoms with Crippen LogP contribution in [-0.4, -0.2) is 25.8 Å². The molecule has 5 heteroatoms. The van der Waals surface area contributed by atoms with E-state index in [0.717, 1.165) is 0 Å². The van der Waals surface area contributed by atoms with Crippen LogP contribution in [0.2, 0.25) is 0 Å². The summed E-state index contributed by atoms with van der Waals surface area (Å²) in [5.74, 6) is 0. The maximum absolute atomic E-state index is 5.02.